The second kappa shape index (κ2) is 8.05. The van der Waals surface area contributed by atoms with Crippen molar-refractivity contribution in [2.24, 2.45) is 0 Å². The lowest BCUT2D eigenvalue weighted by Gasteiger charge is -2.18. The minimum absolute atomic E-state index is 0.0719. The lowest BCUT2D eigenvalue weighted by molar-refractivity contribution is 0.315. The molecule has 5 nitrogen and oxygen atoms in total. The normalized spacial score (nSPS) is 12.3. The fourth-order valence-electron chi connectivity index (χ4n) is 2.05. The van der Waals surface area contributed by atoms with Crippen molar-refractivity contribution in [1.82, 2.24) is 19.9 Å². The van der Waals surface area contributed by atoms with Gasteiger partial charge in [-0.2, -0.15) is 0 Å². The van der Waals surface area contributed by atoms with Crippen LogP contribution in [0.5, 0.6) is 5.75 Å². The van der Waals surface area contributed by atoms with E-state index in [0.29, 0.717) is 6.61 Å². The van der Waals surface area contributed by atoms with Crippen molar-refractivity contribution in [2.45, 2.75) is 39.7 Å². The highest BCUT2D eigenvalue weighted by atomic mass is 32.1. The summed E-state index contributed by atoms with van der Waals surface area (Å²) in [6.45, 7) is 7.88. The third-order valence-corrected chi connectivity index (χ3v) is 3.98. The van der Waals surface area contributed by atoms with Gasteiger partial charge in [-0.05, 0) is 49.5 Å². The predicted octanol–water partition coefficient (Wildman–Crippen LogP) is 3.12. The van der Waals surface area contributed by atoms with Gasteiger partial charge in [-0.3, -0.25) is 4.98 Å². The average molecular weight is 306 g/mol. The van der Waals surface area contributed by atoms with Crippen LogP contribution in [0.15, 0.2) is 18.5 Å². The largest absolute Gasteiger partial charge is 0.492 e. The number of aromatic nitrogens is 3. The van der Waals surface area contributed by atoms with E-state index in [0.717, 1.165) is 41.3 Å². The van der Waals surface area contributed by atoms with Crippen molar-refractivity contribution in [3.63, 3.8) is 0 Å². The molecule has 0 aliphatic heterocycles. The Labute approximate surface area is 129 Å². The summed E-state index contributed by atoms with van der Waals surface area (Å²) in [6.07, 6.45) is 5.69. The number of hydrogen-bond donors (Lipinski definition) is 1. The molecule has 0 aromatic carbocycles. The number of nitrogens with zero attached hydrogens (tertiary/aromatic N) is 3. The molecular weight excluding hydrogens is 284 g/mol. The molecule has 21 heavy (non-hydrogen) atoms. The zero-order valence-corrected chi connectivity index (χ0v) is 13.6. The maximum absolute atomic E-state index is 5.68. The van der Waals surface area contributed by atoms with Crippen LogP contribution >= 0.6 is 11.5 Å². The average Bonchev–Trinajstić information content (AvgIpc) is 2.92. The van der Waals surface area contributed by atoms with Crippen LogP contribution < -0.4 is 10.1 Å². The first-order chi connectivity index (χ1) is 10.3. The number of hydrogen-bond acceptors (Lipinski definition) is 6. The Morgan fingerprint density at radius 3 is 2.81 bits per heavy atom. The number of pyridine rings is 1. The summed E-state index contributed by atoms with van der Waals surface area (Å²) < 4.78 is 9.73. The van der Waals surface area contributed by atoms with E-state index < -0.39 is 0 Å². The highest BCUT2D eigenvalue weighted by molar-refractivity contribution is 7.05. The van der Waals surface area contributed by atoms with Gasteiger partial charge in [0.2, 0.25) is 0 Å². The number of nitrogens with one attached hydrogen (secondary N) is 1. The van der Waals surface area contributed by atoms with E-state index in [2.05, 4.69) is 39.8 Å². The summed E-state index contributed by atoms with van der Waals surface area (Å²) in [4.78, 5) is 5.44. The van der Waals surface area contributed by atoms with Crippen LogP contribution in [0.3, 0.4) is 0 Å². The Bertz CT molecular complexity index is 558. The molecule has 1 unspecified atom stereocenters. The molecular formula is C15H22N4OS. The zero-order valence-electron chi connectivity index (χ0n) is 12.8. The van der Waals surface area contributed by atoms with Crippen LogP contribution in [0, 0.1) is 6.92 Å². The van der Waals surface area contributed by atoms with E-state index >= 15 is 0 Å². The van der Waals surface area contributed by atoms with E-state index in [1.165, 1.54) is 11.5 Å². The fraction of sp³-hybridized carbons (Fsp3) is 0.533. The van der Waals surface area contributed by atoms with Crippen molar-refractivity contribution in [3.05, 3.63) is 34.6 Å². The quantitative estimate of drug-likeness (QED) is 0.812. The summed E-state index contributed by atoms with van der Waals surface area (Å²) in [6, 6.07) is 2.12. The standard InChI is InChI=1S/C15H22N4OS/c1-4-6-17-14(15-11(3)18-19-21-15)12-8-13(10-16-9-12)20-7-5-2/h8-10,14,17H,4-7H2,1-3H3. The highest BCUT2D eigenvalue weighted by Gasteiger charge is 2.19. The van der Waals surface area contributed by atoms with Gasteiger partial charge in [-0.25, -0.2) is 0 Å². The van der Waals surface area contributed by atoms with Gasteiger partial charge in [0.05, 0.1) is 29.4 Å². The van der Waals surface area contributed by atoms with Crippen molar-refractivity contribution < 1.29 is 4.74 Å². The summed E-state index contributed by atoms with van der Waals surface area (Å²) in [5.74, 6) is 0.813. The molecule has 0 aliphatic carbocycles. The van der Waals surface area contributed by atoms with Gasteiger partial charge >= 0.3 is 0 Å². The molecule has 0 fully saturated rings. The molecule has 0 aliphatic rings. The molecule has 1 atom stereocenters. The highest BCUT2D eigenvalue weighted by Crippen LogP contribution is 2.28. The van der Waals surface area contributed by atoms with Crippen LogP contribution in [0.4, 0.5) is 0 Å². The Hall–Kier alpha value is -1.53. The van der Waals surface area contributed by atoms with Gasteiger partial charge in [-0.1, -0.05) is 18.3 Å². The third kappa shape index (κ3) is 4.22. The van der Waals surface area contributed by atoms with Crippen LogP contribution in [0.2, 0.25) is 0 Å². The summed E-state index contributed by atoms with van der Waals surface area (Å²) in [5, 5.41) is 7.67. The molecule has 0 spiro atoms. The summed E-state index contributed by atoms with van der Waals surface area (Å²) in [5.41, 5.74) is 2.06. The number of aryl methyl sites for hydroxylation is 1. The lowest BCUT2D eigenvalue weighted by Crippen LogP contribution is -2.23. The Morgan fingerprint density at radius 1 is 1.29 bits per heavy atom. The van der Waals surface area contributed by atoms with E-state index in [1.807, 2.05) is 13.1 Å². The smallest absolute Gasteiger partial charge is 0.137 e. The fourth-order valence-corrected chi connectivity index (χ4v) is 2.79. The number of rotatable bonds is 8. The molecule has 0 radical (unpaired) electrons. The van der Waals surface area contributed by atoms with E-state index in [1.54, 1.807) is 6.20 Å². The van der Waals surface area contributed by atoms with Gasteiger partial charge in [-0.15, -0.1) is 5.10 Å². The minimum Gasteiger partial charge on any atom is -0.492 e. The molecule has 2 heterocycles. The number of ether oxygens (including phenoxy) is 1. The maximum Gasteiger partial charge on any atom is 0.137 e. The summed E-state index contributed by atoms with van der Waals surface area (Å²) >= 11 is 1.43. The molecule has 0 saturated heterocycles. The predicted molar refractivity (Wildman–Crippen MR) is 84.8 cm³/mol. The first-order valence-corrected chi connectivity index (χ1v) is 8.13. The molecule has 1 N–H and O–H groups in total. The van der Waals surface area contributed by atoms with Gasteiger partial charge < -0.3 is 10.1 Å². The van der Waals surface area contributed by atoms with Crippen LogP contribution in [-0.4, -0.2) is 27.7 Å². The lowest BCUT2D eigenvalue weighted by atomic mass is 10.1. The molecule has 0 amide bonds. The first kappa shape index (κ1) is 15.9. The van der Waals surface area contributed by atoms with Gasteiger partial charge in [0.1, 0.15) is 5.75 Å². The minimum atomic E-state index is 0.0719. The second-order valence-corrected chi connectivity index (χ2v) is 5.70. The topological polar surface area (TPSA) is 59.9 Å². The van der Waals surface area contributed by atoms with E-state index in [4.69, 9.17) is 4.74 Å². The van der Waals surface area contributed by atoms with Crippen LogP contribution in [-0.2, 0) is 0 Å². The van der Waals surface area contributed by atoms with Crippen LogP contribution in [0.25, 0.3) is 0 Å². The van der Waals surface area contributed by atoms with Crippen molar-refractivity contribution >= 4 is 11.5 Å². The maximum atomic E-state index is 5.68. The van der Waals surface area contributed by atoms with Gasteiger partial charge in [0, 0.05) is 6.20 Å². The molecule has 0 saturated carbocycles. The molecule has 114 valence electrons. The molecule has 2 aromatic rings. The first-order valence-electron chi connectivity index (χ1n) is 7.36. The van der Waals surface area contributed by atoms with Crippen molar-refractivity contribution in [2.75, 3.05) is 13.2 Å². The monoisotopic (exact) mass is 306 g/mol. The van der Waals surface area contributed by atoms with Crippen molar-refractivity contribution in [1.29, 1.82) is 0 Å². The van der Waals surface area contributed by atoms with E-state index in [9.17, 15) is 0 Å². The Morgan fingerprint density at radius 2 is 2.14 bits per heavy atom. The molecule has 2 aromatic heterocycles. The SMILES string of the molecule is CCCNC(c1cncc(OCCC)c1)c1snnc1C. The van der Waals surface area contributed by atoms with Crippen molar-refractivity contribution in [3.8, 4) is 5.75 Å². The molecule has 0 bridgehead atoms. The third-order valence-electron chi connectivity index (χ3n) is 3.09. The van der Waals surface area contributed by atoms with Gasteiger partial charge in [0.15, 0.2) is 0 Å². The van der Waals surface area contributed by atoms with Crippen LogP contribution in [0.1, 0.15) is 48.9 Å². The summed E-state index contributed by atoms with van der Waals surface area (Å²) in [7, 11) is 0. The van der Waals surface area contributed by atoms with E-state index in [-0.39, 0.29) is 6.04 Å². The van der Waals surface area contributed by atoms with Gasteiger partial charge in [0.25, 0.3) is 0 Å². The second-order valence-electron chi connectivity index (χ2n) is 4.91. The Balaban J connectivity index is 2.26. The Kier molecular flexibility index (Phi) is 6.07. The zero-order chi connectivity index (χ0) is 15.1. The molecule has 2 rings (SSSR count). The molecule has 6 heteroatoms.